The van der Waals surface area contributed by atoms with Crippen LogP contribution in [0.2, 0.25) is 0 Å². The lowest BCUT2D eigenvalue weighted by molar-refractivity contribution is 0.596. The summed E-state index contributed by atoms with van der Waals surface area (Å²) in [6, 6.07) is 14.2. The Labute approximate surface area is 115 Å². The average Bonchev–Trinajstić information content (AvgIpc) is 2.38. The zero-order valence-electron chi connectivity index (χ0n) is 11.6. The first kappa shape index (κ1) is 13.8. The highest BCUT2D eigenvalue weighted by molar-refractivity contribution is 7.52. The van der Waals surface area contributed by atoms with E-state index in [1.54, 1.807) is 6.66 Å². The Kier molecular flexibility index (Phi) is 4.34. The van der Waals surface area contributed by atoms with E-state index >= 15 is 0 Å². The van der Waals surface area contributed by atoms with Crippen molar-refractivity contribution in [3.63, 3.8) is 0 Å². The van der Waals surface area contributed by atoms with Crippen LogP contribution in [0, 0.1) is 13.8 Å². The Balaban J connectivity index is 2.22. The first-order valence-corrected chi connectivity index (χ1v) is 8.09. The molecule has 0 bridgehead atoms. The number of nitrogens with one attached hydrogen (secondary N) is 1. The second-order valence-corrected chi connectivity index (χ2v) is 6.22. The van der Waals surface area contributed by atoms with Crippen LogP contribution in [0.3, 0.4) is 0 Å². The minimum absolute atomic E-state index is 0.705. The molecule has 0 aromatic heterocycles. The molecule has 0 saturated heterocycles. The molecule has 1 N–H and O–H groups in total. The number of hydrogen-bond acceptors (Lipinski definition) is 2. The summed E-state index contributed by atoms with van der Waals surface area (Å²) in [7, 11) is -1.30. The normalized spacial score (nSPS) is 11.2. The monoisotopic (exact) mass is 272 g/mol. The molecule has 0 radical (unpaired) electrons. The van der Waals surface area contributed by atoms with E-state index in [0.29, 0.717) is 6.54 Å². The molecule has 0 fully saturated rings. The van der Waals surface area contributed by atoms with Gasteiger partial charge < -0.3 is 5.32 Å². The maximum atomic E-state index is 11.7. The standard InChI is InChI=1S/C16H19NOP/c1-12-7-6-8-13(2)16(12)17-11-14-9-4-5-10-15(14)19(3)18/h4-10,17H,11H2,1-3H3/q+1. The highest BCUT2D eigenvalue weighted by Gasteiger charge is 2.16. The summed E-state index contributed by atoms with van der Waals surface area (Å²) in [5, 5.41) is 4.41. The van der Waals surface area contributed by atoms with E-state index in [1.165, 1.54) is 16.8 Å². The fourth-order valence-corrected chi connectivity index (χ4v) is 3.10. The van der Waals surface area contributed by atoms with Gasteiger partial charge in [-0.2, -0.15) is 0 Å². The minimum Gasteiger partial charge on any atom is -0.380 e. The largest absolute Gasteiger partial charge is 0.380 e. The molecule has 1 atom stereocenters. The summed E-state index contributed by atoms with van der Waals surface area (Å²) in [6.07, 6.45) is 0. The predicted octanol–water partition coefficient (Wildman–Crippen LogP) is 4.00. The fourth-order valence-electron chi connectivity index (χ4n) is 2.24. The lowest BCUT2D eigenvalue weighted by atomic mass is 10.1. The van der Waals surface area contributed by atoms with Gasteiger partial charge in [-0.3, -0.25) is 0 Å². The molecule has 0 amide bonds. The van der Waals surface area contributed by atoms with Gasteiger partial charge in [0.1, 0.15) is 6.66 Å². The van der Waals surface area contributed by atoms with E-state index in [1.807, 2.05) is 24.3 Å². The SMILES string of the molecule is Cc1cccc(C)c1NCc1ccccc1[P+](C)=O. The van der Waals surface area contributed by atoms with Gasteiger partial charge >= 0.3 is 7.80 Å². The summed E-state index contributed by atoms with van der Waals surface area (Å²) in [6.45, 7) is 6.66. The lowest BCUT2D eigenvalue weighted by Gasteiger charge is -2.12. The Morgan fingerprint density at radius 2 is 1.63 bits per heavy atom. The molecule has 3 heteroatoms. The zero-order valence-corrected chi connectivity index (χ0v) is 12.5. The van der Waals surface area contributed by atoms with Gasteiger partial charge in [0.2, 0.25) is 0 Å². The third-order valence-electron chi connectivity index (χ3n) is 3.27. The van der Waals surface area contributed by atoms with Crippen LogP contribution in [0.25, 0.3) is 0 Å². The maximum absolute atomic E-state index is 11.7. The number of para-hydroxylation sites is 1. The molecule has 0 saturated carbocycles. The molecule has 0 heterocycles. The van der Waals surface area contributed by atoms with E-state index in [0.717, 1.165) is 10.9 Å². The molecular weight excluding hydrogens is 253 g/mol. The molecule has 0 aliphatic carbocycles. The van der Waals surface area contributed by atoms with Crippen molar-refractivity contribution in [2.45, 2.75) is 20.4 Å². The predicted molar refractivity (Wildman–Crippen MR) is 82.8 cm³/mol. The molecule has 1 unspecified atom stereocenters. The number of hydrogen-bond donors (Lipinski definition) is 1. The molecule has 2 aromatic rings. The summed E-state index contributed by atoms with van der Waals surface area (Å²) in [5.41, 5.74) is 4.74. The van der Waals surface area contributed by atoms with Crippen LogP contribution in [0.4, 0.5) is 5.69 Å². The second-order valence-electron chi connectivity index (χ2n) is 4.75. The van der Waals surface area contributed by atoms with Gasteiger partial charge in [-0.1, -0.05) is 41.0 Å². The quantitative estimate of drug-likeness (QED) is 0.852. The zero-order chi connectivity index (χ0) is 13.8. The van der Waals surface area contributed by atoms with Crippen molar-refractivity contribution >= 4 is 18.8 Å². The third-order valence-corrected chi connectivity index (χ3v) is 4.38. The fraction of sp³-hybridized carbons (Fsp3) is 0.250. The van der Waals surface area contributed by atoms with Crippen molar-refractivity contribution < 1.29 is 4.57 Å². The number of benzene rings is 2. The van der Waals surface area contributed by atoms with Crippen LogP contribution < -0.4 is 10.6 Å². The Morgan fingerprint density at radius 1 is 1.00 bits per heavy atom. The molecule has 2 rings (SSSR count). The van der Waals surface area contributed by atoms with Crippen molar-refractivity contribution in [3.05, 3.63) is 59.2 Å². The van der Waals surface area contributed by atoms with Crippen LogP contribution >= 0.6 is 7.80 Å². The van der Waals surface area contributed by atoms with Crippen molar-refractivity contribution in [2.75, 3.05) is 12.0 Å². The highest BCUT2D eigenvalue weighted by atomic mass is 31.1. The first-order valence-electron chi connectivity index (χ1n) is 6.38. The van der Waals surface area contributed by atoms with Crippen LogP contribution in [0.15, 0.2) is 42.5 Å². The van der Waals surface area contributed by atoms with Crippen LogP contribution in [-0.2, 0) is 11.1 Å². The molecule has 19 heavy (non-hydrogen) atoms. The summed E-state index contributed by atoms with van der Waals surface area (Å²) < 4.78 is 11.7. The van der Waals surface area contributed by atoms with Crippen LogP contribution in [0.1, 0.15) is 16.7 Å². The number of anilines is 1. The van der Waals surface area contributed by atoms with Gasteiger partial charge in [0.15, 0.2) is 5.30 Å². The molecular formula is C16H19NOP+. The number of rotatable bonds is 4. The third kappa shape index (κ3) is 3.21. The molecule has 0 aliphatic heterocycles. The second kappa shape index (κ2) is 5.99. The van der Waals surface area contributed by atoms with Gasteiger partial charge in [0, 0.05) is 17.8 Å². The molecule has 2 aromatic carbocycles. The molecule has 0 spiro atoms. The molecule has 98 valence electrons. The van der Waals surface area contributed by atoms with E-state index in [-0.39, 0.29) is 0 Å². The van der Waals surface area contributed by atoms with Gasteiger partial charge in [0.05, 0.1) is 0 Å². The Bertz CT molecular complexity index is 587. The molecule has 0 aliphatic rings. The van der Waals surface area contributed by atoms with Gasteiger partial charge in [0.25, 0.3) is 0 Å². The van der Waals surface area contributed by atoms with Crippen molar-refractivity contribution in [3.8, 4) is 0 Å². The average molecular weight is 272 g/mol. The van der Waals surface area contributed by atoms with Crippen LogP contribution in [-0.4, -0.2) is 6.66 Å². The Morgan fingerprint density at radius 3 is 2.26 bits per heavy atom. The van der Waals surface area contributed by atoms with Gasteiger partial charge in [-0.25, -0.2) is 0 Å². The molecule has 2 nitrogen and oxygen atoms in total. The smallest absolute Gasteiger partial charge is 0.374 e. The van der Waals surface area contributed by atoms with E-state index in [4.69, 9.17) is 0 Å². The summed E-state index contributed by atoms with van der Waals surface area (Å²) in [4.78, 5) is 0. The van der Waals surface area contributed by atoms with Crippen molar-refractivity contribution in [1.29, 1.82) is 0 Å². The van der Waals surface area contributed by atoms with Gasteiger partial charge in [-0.15, -0.1) is 0 Å². The van der Waals surface area contributed by atoms with Gasteiger partial charge in [-0.05, 0) is 31.0 Å². The van der Waals surface area contributed by atoms with E-state index in [2.05, 4.69) is 37.4 Å². The van der Waals surface area contributed by atoms with E-state index < -0.39 is 7.80 Å². The first-order chi connectivity index (χ1) is 9.09. The van der Waals surface area contributed by atoms with Crippen LogP contribution in [0.5, 0.6) is 0 Å². The van der Waals surface area contributed by atoms with E-state index in [9.17, 15) is 4.57 Å². The number of aryl methyl sites for hydroxylation is 2. The lowest BCUT2D eigenvalue weighted by Crippen LogP contribution is -2.11. The van der Waals surface area contributed by atoms with Crippen molar-refractivity contribution in [1.82, 2.24) is 0 Å². The topological polar surface area (TPSA) is 29.1 Å². The minimum atomic E-state index is -1.30. The van der Waals surface area contributed by atoms with Crippen molar-refractivity contribution in [2.24, 2.45) is 0 Å². The summed E-state index contributed by atoms with van der Waals surface area (Å²) >= 11 is 0. The highest BCUT2D eigenvalue weighted by Crippen LogP contribution is 2.22. The summed E-state index contributed by atoms with van der Waals surface area (Å²) in [5.74, 6) is 0. The maximum Gasteiger partial charge on any atom is 0.374 e. The Hall–Kier alpha value is -1.66.